The van der Waals surface area contributed by atoms with Gasteiger partial charge in [-0.3, -0.25) is 4.57 Å². The first kappa shape index (κ1) is 9.98. The number of aryl methyl sites for hydroxylation is 1. The molecule has 0 spiro atoms. The summed E-state index contributed by atoms with van der Waals surface area (Å²) in [5.74, 6) is 0. The van der Waals surface area contributed by atoms with Gasteiger partial charge in [0.25, 0.3) is 0 Å². The summed E-state index contributed by atoms with van der Waals surface area (Å²) in [4.78, 5) is 15.6. The molecule has 78 valence electrons. The molecule has 5 heteroatoms. The van der Waals surface area contributed by atoms with Gasteiger partial charge in [-0.05, 0) is 12.1 Å². The lowest BCUT2D eigenvalue weighted by molar-refractivity contribution is 0.705. The van der Waals surface area contributed by atoms with Crippen LogP contribution in [0.3, 0.4) is 0 Å². The minimum atomic E-state index is -0.0585. The minimum absolute atomic E-state index is 0.0585. The zero-order valence-electron chi connectivity index (χ0n) is 8.22. The molecule has 0 aliphatic rings. The number of hydrogen-bond donors (Lipinski definition) is 0. The maximum Gasteiger partial charge on any atom is 0.328 e. The normalized spacial score (nSPS) is 10.5. The molecule has 0 aliphatic carbocycles. The Morgan fingerprint density at radius 2 is 2.20 bits per heavy atom. The Bertz CT molecular complexity index is 529. The van der Waals surface area contributed by atoms with Crippen LogP contribution in [0.1, 0.15) is 5.69 Å². The van der Waals surface area contributed by atoms with Crippen LogP contribution in [0.15, 0.2) is 35.4 Å². The first-order valence-corrected chi connectivity index (χ1v) is 4.88. The van der Waals surface area contributed by atoms with Crippen LogP contribution in [0, 0.1) is 0 Å². The minimum Gasteiger partial charge on any atom is -0.302 e. The standard InChI is InChI=1S/C10H10ClN3O/c1-13-5-6-14(10(13)15)7-8-3-2-4-9(11)12-8/h2-6H,7H2,1H3. The molecule has 0 N–H and O–H groups in total. The topological polar surface area (TPSA) is 39.8 Å². The monoisotopic (exact) mass is 223 g/mol. The van der Waals surface area contributed by atoms with Crippen LogP contribution in [-0.2, 0) is 13.6 Å². The maximum absolute atomic E-state index is 11.5. The van der Waals surface area contributed by atoms with E-state index in [-0.39, 0.29) is 5.69 Å². The van der Waals surface area contributed by atoms with E-state index in [9.17, 15) is 4.79 Å². The second-order valence-corrected chi connectivity index (χ2v) is 3.66. The highest BCUT2D eigenvalue weighted by molar-refractivity contribution is 6.29. The zero-order chi connectivity index (χ0) is 10.8. The Balaban J connectivity index is 2.30. The van der Waals surface area contributed by atoms with Crippen molar-refractivity contribution in [3.8, 4) is 0 Å². The largest absolute Gasteiger partial charge is 0.328 e. The van der Waals surface area contributed by atoms with Crippen molar-refractivity contribution < 1.29 is 0 Å². The Morgan fingerprint density at radius 3 is 2.80 bits per heavy atom. The molecule has 2 heterocycles. The Morgan fingerprint density at radius 1 is 1.40 bits per heavy atom. The number of rotatable bonds is 2. The molecule has 0 atom stereocenters. The van der Waals surface area contributed by atoms with E-state index in [1.54, 1.807) is 30.1 Å². The lowest BCUT2D eigenvalue weighted by Crippen LogP contribution is -2.22. The smallest absolute Gasteiger partial charge is 0.302 e. The Kier molecular flexibility index (Phi) is 2.60. The predicted molar refractivity (Wildman–Crippen MR) is 58.0 cm³/mol. The Labute approximate surface area is 91.8 Å². The number of aromatic nitrogens is 3. The van der Waals surface area contributed by atoms with E-state index in [0.29, 0.717) is 11.7 Å². The van der Waals surface area contributed by atoms with Crippen molar-refractivity contribution in [1.29, 1.82) is 0 Å². The molecular formula is C10H10ClN3O. The second-order valence-electron chi connectivity index (χ2n) is 3.27. The molecular weight excluding hydrogens is 214 g/mol. The molecule has 0 aliphatic heterocycles. The van der Waals surface area contributed by atoms with E-state index < -0.39 is 0 Å². The number of hydrogen-bond acceptors (Lipinski definition) is 2. The fraction of sp³-hybridized carbons (Fsp3) is 0.200. The first-order chi connectivity index (χ1) is 7.16. The van der Waals surface area contributed by atoms with Gasteiger partial charge in [-0.2, -0.15) is 0 Å². The molecule has 4 nitrogen and oxygen atoms in total. The molecule has 0 unspecified atom stereocenters. The summed E-state index contributed by atoms with van der Waals surface area (Å²) in [7, 11) is 1.71. The van der Waals surface area contributed by atoms with E-state index in [2.05, 4.69) is 4.98 Å². The third kappa shape index (κ3) is 2.10. The number of halogens is 1. The van der Waals surface area contributed by atoms with Crippen molar-refractivity contribution >= 4 is 11.6 Å². The summed E-state index contributed by atoms with van der Waals surface area (Å²) in [6.07, 6.45) is 3.44. The highest BCUT2D eigenvalue weighted by Crippen LogP contribution is 2.05. The number of pyridine rings is 1. The van der Waals surface area contributed by atoms with Crippen molar-refractivity contribution in [2.24, 2.45) is 7.05 Å². The molecule has 0 saturated heterocycles. The summed E-state index contributed by atoms with van der Waals surface area (Å²) in [5.41, 5.74) is 0.715. The maximum atomic E-state index is 11.5. The molecule has 2 aromatic heterocycles. The van der Waals surface area contributed by atoms with Gasteiger partial charge >= 0.3 is 5.69 Å². The first-order valence-electron chi connectivity index (χ1n) is 4.50. The highest BCUT2D eigenvalue weighted by atomic mass is 35.5. The third-order valence-corrected chi connectivity index (χ3v) is 2.33. The summed E-state index contributed by atoms with van der Waals surface area (Å²) >= 11 is 5.75. The Hall–Kier alpha value is -1.55. The van der Waals surface area contributed by atoms with Gasteiger partial charge in [0.2, 0.25) is 0 Å². The van der Waals surface area contributed by atoms with Crippen LogP contribution < -0.4 is 5.69 Å². The zero-order valence-corrected chi connectivity index (χ0v) is 8.98. The average Bonchev–Trinajstić information content (AvgIpc) is 2.50. The van der Waals surface area contributed by atoms with Crippen LogP contribution in [0.5, 0.6) is 0 Å². The second kappa shape index (κ2) is 3.90. The van der Waals surface area contributed by atoms with E-state index >= 15 is 0 Å². The van der Waals surface area contributed by atoms with Crippen molar-refractivity contribution in [2.45, 2.75) is 6.54 Å². The van der Waals surface area contributed by atoms with E-state index in [1.807, 2.05) is 12.1 Å². The molecule has 0 bridgehead atoms. The highest BCUT2D eigenvalue weighted by Gasteiger charge is 2.02. The molecule has 0 radical (unpaired) electrons. The van der Waals surface area contributed by atoms with E-state index in [4.69, 9.17) is 11.6 Å². The average molecular weight is 224 g/mol. The fourth-order valence-corrected chi connectivity index (χ4v) is 1.53. The molecule has 0 amide bonds. The molecule has 0 aromatic carbocycles. The van der Waals surface area contributed by atoms with Gasteiger partial charge in [-0.1, -0.05) is 17.7 Å². The van der Waals surface area contributed by atoms with Crippen LogP contribution in [0.4, 0.5) is 0 Å². The summed E-state index contributed by atoms with van der Waals surface area (Å²) in [6, 6.07) is 5.36. The lowest BCUT2D eigenvalue weighted by atomic mass is 10.3. The molecule has 2 aromatic rings. The summed E-state index contributed by atoms with van der Waals surface area (Å²) in [6.45, 7) is 0.445. The van der Waals surface area contributed by atoms with Gasteiger partial charge in [0.1, 0.15) is 5.15 Å². The summed E-state index contributed by atoms with van der Waals surface area (Å²) < 4.78 is 3.10. The lowest BCUT2D eigenvalue weighted by Gasteiger charge is -2.00. The van der Waals surface area contributed by atoms with Gasteiger partial charge in [0.05, 0.1) is 12.2 Å². The number of nitrogens with zero attached hydrogens (tertiary/aromatic N) is 3. The van der Waals surface area contributed by atoms with Gasteiger partial charge in [-0.15, -0.1) is 0 Å². The molecule has 2 rings (SSSR count). The van der Waals surface area contributed by atoms with Crippen molar-refractivity contribution in [3.05, 3.63) is 51.9 Å². The number of imidazole rings is 1. The molecule has 0 fully saturated rings. The van der Waals surface area contributed by atoms with Gasteiger partial charge in [0.15, 0.2) is 0 Å². The van der Waals surface area contributed by atoms with Gasteiger partial charge in [-0.25, -0.2) is 9.78 Å². The summed E-state index contributed by atoms with van der Waals surface area (Å²) in [5, 5.41) is 0.441. The quantitative estimate of drug-likeness (QED) is 0.720. The van der Waals surface area contributed by atoms with Crippen LogP contribution in [0.25, 0.3) is 0 Å². The molecule has 0 saturated carbocycles. The SMILES string of the molecule is Cn1ccn(Cc2cccc(Cl)n2)c1=O. The predicted octanol–water partition coefficient (Wildman–Crippen LogP) is 1.28. The van der Waals surface area contributed by atoms with Gasteiger partial charge < -0.3 is 4.57 Å². The van der Waals surface area contributed by atoms with Crippen LogP contribution in [0.2, 0.25) is 5.15 Å². The molecule has 15 heavy (non-hydrogen) atoms. The van der Waals surface area contributed by atoms with Crippen LogP contribution in [-0.4, -0.2) is 14.1 Å². The third-order valence-electron chi connectivity index (χ3n) is 2.12. The van der Waals surface area contributed by atoms with E-state index in [0.717, 1.165) is 5.69 Å². The van der Waals surface area contributed by atoms with Crippen molar-refractivity contribution in [3.63, 3.8) is 0 Å². The van der Waals surface area contributed by atoms with Crippen LogP contribution >= 0.6 is 11.6 Å². The van der Waals surface area contributed by atoms with Gasteiger partial charge in [0, 0.05) is 19.4 Å². The van der Waals surface area contributed by atoms with Crippen molar-refractivity contribution in [2.75, 3.05) is 0 Å². The van der Waals surface area contributed by atoms with E-state index in [1.165, 1.54) is 4.57 Å². The fourth-order valence-electron chi connectivity index (χ4n) is 1.34. The van der Waals surface area contributed by atoms with Crippen molar-refractivity contribution in [1.82, 2.24) is 14.1 Å².